The van der Waals surface area contributed by atoms with E-state index in [2.05, 4.69) is 4.98 Å². The molecule has 2 aromatic heterocycles. The fourth-order valence-corrected chi connectivity index (χ4v) is 4.12. The minimum atomic E-state index is 0.117. The van der Waals surface area contributed by atoms with Crippen LogP contribution in [0.2, 0.25) is 0 Å². The molecular weight excluding hydrogens is 334 g/mol. The zero-order valence-electron chi connectivity index (χ0n) is 14.3. The highest BCUT2D eigenvalue weighted by atomic mass is 32.1. The molecule has 6 heteroatoms. The van der Waals surface area contributed by atoms with Crippen LogP contribution >= 0.6 is 11.3 Å². The lowest BCUT2D eigenvalue weighted by Gasteiger charge is -2.19. The van der Waals surface area contributed by atoms with Gasteiger partial charge in [-0.15, -0.1) is 11.3 Å². The third kappa shape index (κ3) is 3.14. The van der Waals surface area contributed by atoms with Gasteiger partial charge < -0.3 is 9.64 Å². The van der Waals surface area contributed by atoms with Crippen LogP contribution in [0, 0.1) is 0 Å². The number of likely N-dealkylation sites (tertiary alicyclic amines) is 1. The van der Waals surface area contributed by atoms with Gasteiger partial charge in [-0.3, -0.25) is 9.20 Å². The van der Waals surface area contributed by atoms with Crippen LogP contribution in [0.3, 0.4) is 0 Å². The van der Waals surface area contributed by atoms with Gasteiger partial charge in [0.15, 0.2) is 4.96 Å². The molecule has 5 nitrogen and oxygen atoms in total. The molecule has 1 aliphatic heterocycles. The van der Waals surface area contributed by atoms with E-state index >= 15 is 0 Å². The van der Waals surface area contributed by atoms with Gasteiger partial charge in [0, 0.05) is 30.2 Å². The monoisotopic (exact) mass is 355 g/mol. The van der Waals surface area contributed by atoms with Crippen LogP contribution in [0.1, 0.15) is 36.2 Å². The summed E-state index contributed by atoms with van der Waals surface area (Å²) in [5, 5.41) is 1.92. The van der Waals surface area contributed by atoms with Gasteiger partial charge >= 0.3 is 0 Å². The van der Waals surface area contributed by atoms with Gasteiger partial charge in [-0.25, -0.2) is 4.98 Å². The number of imidazole rings is 1. The van der Waals surface area contributed by atoms with E-state index in [1.165, 1.54) is 24.2 Å². The topological polar surface area (TPSA) is 46.8 Å². The van der Waals surface area contributed by atoms with Gasteiger partial charge in [0.05, 0.1) is 12.8 Å². The first kappa shape index (κ1) is 16.1. The van der Waals surface area contributed by atoms with Crippen molar-refractivity contribution < 1.29 is 9.53 Å². The number of carbonyl (C=O) groups excluding carboxylic acids is 1. The Balaban J connectivity index is 1.64. The molecule has 0 unspecified atom stereocenters. The zero-order chi connectivity index (χ0) is 17.2. The highest BCUT2D eigenvalue weighted by molar-refractivity contribution is 7.15. The van der Waals surface area contributed by atoms with Gasteiger partial charge in [-0.05, 0) is 37.1 Å². The lowest BCUT2D eigenvalue weighted by atomic mass is 10.2. The number of methoxy groups -OCH3 is 1. The van der Waals surface area contributed by atoms with Crippen molar-refractivity contribution in [3.63, 3.8) is 0 Å². The molecule has 0 saturated carbocycles. The predicted octanol–water partition coefficient (Wildman–Crippen LogP) is 4.09. The fourth-order valence-electron chi connectivity index (χ4n) is 3.27. The van der Waals surface area contributed by atoms with E-state index in [1.807, 2.05) is 45.1 Å². The van der Waals surface area contributed by atoms with Gasteiger partial charge in [0.2, 0.25) is 0 Å². The molecule has 3 heterocycles. The second-order valence-electron chi connectivity index (χ2n) is 6.33. The SMILES string of the molecule is COc1ccc(-c2cn3c(C(=O)N4CCCCCC4)csc3n2)cc1. The van der Waals surface area contributed by atoms with Crippen LogP contribution in [0.25, 0.3) is 16.2 Å². The third-order valence-corrected chi connectivity index (χ3v) is 5.55. The summed E-state index contributed by atoms with van der Waals surface area (Å²) in [6.07, 6.45) is 6.59. The molecule has 1 aliphatic rings. The number of hydrogen-bond acceptors (Lipinski definition) is 4. The Morgan fingerprint density at radius 1 is 1.12 bits per heavy atom. The summed E-state index contributed by atoms with van der Waals surface area (Å²) in [4.78, 5) is 20.4. The molecule has 1 saturated heterocycles. The van der Waals surface area contributed by atoms with Crippen molar-refractivity contribution in [1.29, 1.82) is 0 Å². The number of thiazole rings is 1. The normalized spacial score (nSPS) is 15.3. The Morgan fingerprint density at radius 3 is 2.52 bits per heavy atom. The van der Waals surface area contributed by atoms with Crippen molar-refractivity contribution in [3.8, 4) is 17.0 Å². The average Bonchev–Trinajstić information content (AvgIpc) is 3.11. The second-order valence-corrected chi connectivity index (χ2v) is 7.17. The number of aromatic nitrogens is 2. The minimum absolute atomic E-state index is 0.117. The van der Waals surface area contributed by atoms with Crippen LogP contribution in [0.4, 0.5) is 0 Å². The highest BCUT2D eigenvalue weighted by Gasteiger charge is 2.21. The van der Waals surface area contributed by atoms with E-state index in [-0.39, 0.29) is 5.91 Å². The van der Waals surface area contributed by atoms with Gasteiger partial charge in [0.1, 0.15) is 11.4 Å². The summed E-state index contributed by atoms with van der Waals surface area (Å²) < 4.78 is 7.13. The number of hydrogen-bond donors (Lipinski definition) is 0. The first-order valence-electron chi connectivity index (χ1n) is 8.66. The molecule has 0 spiro atoms. The van der Waals surface area contributed by atoms with Crippen molar-refractivity contribution in [2.45, 2.75) is 25.7 Å². The van der Waals surface area contributed by atoms with E-state index < -0.39 is 0 Å². The molecule has 1 amide bonds. The Morgan fingerprint density at radius 2 is 1.84 bits per heavy atom. The Kier molecular flexibility index (Phi) is 4.44. The number of nitrogens with zero attached hydrogens (tertiary/aromatic N) is 3. The third-order valence-electron chi connectivity index (χ3n) is 4.71. The number of benzene rings is 1. The summed E-state index contributed by atoms with van der Waals surface area (Å²) >= 11 is 1.51. The molecule has 4 rings (SSSR count). The highest BCUT2D eigenvalue weighted by Crippen LogP contribution is 2.26. The van der Waals surface area contributed by atoms with Crippen LogP contribution in [0.5, 0.6) is 5.75 Å². The van der Waals surface area contributed by atoms with Crippen LogP contribution in [0.15, 0.2) is 35.8 Å². The lowest BCUT2D eigenvalue weighted by Crippen LogP contribution is -2.32. The first-order valence-corrected chi connectivity index (χ1v) is 9.54. The summed E-state index contributed by atoms with van der Waals surface area (Å²) in [5.74, 6) is 0.939. The van der Waals surface area contributed by atoms with E-state index in [0.29, 0.717) is 5.69 Å². The summed E-state index contributed by atoms with van der Waals surface area (Å²) in [5.41, 5.74) is 2.61. The van der Waals surface area contributed by atoms with E-state index in [0.717, 1.165) is 47.9 Å². The molecular formula is C19H21N3O2S. The Labute approximate surface area is 150 Å². The standard InChI is InChI=1S/C19H21N3O2S/c1-24-15-8-6-14(7-9-15)16-12-22-17(13-25-19(22)20-16)18(23)21-10-4-2-3-5-11-21/h6-9,12-13H,2-5,10-11H2,1H3. The van der Waals surface area contributed by atoms with Crippen molar-refractivity contribution >= 4 is 22.2 Å². The van der Waals surface area contributed by atoms with E-state index in [4.69, 9.17) is 4.74 Å². The smallest absolute Gasteiger partial charge is 0.271 e. The number of fused-ring (bicyclic) bond motifs is 1. The van der Waals surface area contributed by atoms with Crippen molar-refractivity contribution in [2.24, 2.45) is 0 Å². The molecule has 1 aromatic carbocycles. The molecule has 130 valence electrons. The molecule has 0 bridgehead atoms. The largest absolute Gasteiger partial charge is 0.497 e. The average molecular weight is 355 g/mol. The lowest BCUT2D eigenvalue weighted by molar-refractivity contribution is 0.0755. The van der Waals surface area contributed by atoms with Gasteiger partial charge in [-0.1, -0.05) is 12.8 Å². The molecule has 0 aliphatic carbocycles. The van der Waals surface area contributed by atoms with Gasteiger partial charge in [-0.2, -0.15) is 0 Å². The zero-order valence-corrected chi connectivity index (χ0v) is 15.1. The maximum absolute atomic E-state index is 12.9. The van der Waals surface area contributed by atoms with Crippen LogP contribution < -0.4 is 4.74 Å². The molecule has 0 radical (unpaired) electrons. The number of carbonyl (C=O) groups is 1. The fraction of sp³-hybridized carbons (Fsp3) is 0.368. The maximum atomic E-state index is 12.9. The van der Waals surface area contributed by atoms with Gasteiger partial charge in [0.25, 0.3) is 5.91 Å². The molecule has 0 atom stereocenters. The molecule has 1 fully saturated rings. The number of ether oxygens (including phenoxy) is 1. The van der Waals surface area contributed by atoms with Crippen LogP contribution in [-0.4, -0.2) is 40.4 Å². The Hall–Kier alpha value is -2.34. The quantitative estimate of drug-likeness (QED) is 0.711. The van der Waals surface area contributed by atoms with Crippen molar-refractivity contribution in [2.75, 3.05) is 20.2 Å². The van der Waals surface area contributed by atoms with Crippen molar-refractivity contribution in [1.82, 2.24) is 14.3 Å². The summed E-state index contributed by atoms with van der Waals surface area (Å²) in [6.45, 7) is 1.71. The summed E-state index contributed by atoms with van der Waals surface area (Å²) in [7, 11) is 1.66. The Bertz CT molecular complexity index is 874. The van der Waals surface area contributed by atoms with E-state index in [1.54, 1.807) is 7.11 Å². The molecule has 3 aromatic rings. The minimum Gasteiger partial charge on any atom is -0.497 e. The molecule has 25 heavy (non-hydrogen) atoms. The predicted molar refractivity (Wildman–Crippen MR) is 99.4 cm³/mol. The number of amides is 1. The van der Waals surface area contributed by atoms with Crippen molar-refractivity contribution in [3.05, 3.63) is 41.5 Å². The second kappa shape index (κ2) is 6.88. The summed E-state index contributed by atoms with van der Waals surface area (Å²) in [6, 6.07) is 7.82. The molecule has 0 N–H and O–H groups in total. The van der Waals surface area contributed by atoms with E-state index in [9.17, 15) is 4.79 Å². The first-order chi connectivity index (χ1) is 12.3. The van der Waals surface area contributed by atoms with Crippen LogP contribution in [-0.2, 0) is 0 Å². The maximum Gasteiger partial charge on any atom is 0.271 e. The number of rotatable bonds is 3.